The minimum absolute atomic E-state index is 0.204. The normalized spacial score (nSPS) is 15.8. The molecule has 0 saturated carbocycles. The van der Waals surface area contributed by atoms with Gasteiger partial charge in [0.2, 0.25) is 0 Å². The van der Waals surface area contributed by atoms with Crippen LogP contribution in [0.4, 0.5) is 18.9 Å². The minimum Gasteiger partial charge on any atom is -0.321 e. The molecule has 0 aliphatic carbocycles. The molecule has 1 amide bonds. The summed E-state index contributed by atoms with van der Waals surface area (Å²) in [4.78, 5) is 12.1. The zero-order valence-corrected chi connectivity index (χ0v) is 12.1. The van der Waals surface area contributed by atoms with Gasteiger partial charge in [-0.2, -0.15) is 18.3 Å². The number of hydrogen-bond acceptors (Lipinski definition) is 2. The van der Waals surface area contributed by atoms with Gasteiger partial charge in [-0.1, -0.05) is 12.1 Å². The molecule has 0 bridgehead atoms. The first-order valence-electron chi connectivity index (χ1n) is 7.09. The number of alkyl halides is 3. The number of halogens is 3. The second-order valence-corrected chi connectivity index (χ2v) is 5.49. The van der Waals surface area contributed by atoms with Crippen molar-refractivity contribution in [2.45, 2.75) is 6.18 Å². The first-order valence-corrected chi connectivity index (χ1v) is 7.09. The van der Waals surface area contributed by atoms with Crippen molar-refractivity contribution >= 4 is 34.1 Å². The van der Waals surface area contributed by atoms with Crippen molar-refractivity contribution in [1.29, 1.82) is 0 Å². The Morgan fingerprint density at radius 1 is 1.08 bits per heavy atom. The van der Waals surface area contributed by atoms with Crippen LogP contribution >= 0.6 is 0 Å². The Morgan fingerprint density at radius 2 is 1.92 bits per heavy atom. The number of aromatic nitrogens is 2. The lowest BCUT2D eigenvalue weighted by Crippen LogP contribution is -2.04. The van der Waals surface area contributed by atoms with Crippen LogP contribution in [0, 0.1) is 0 Å². The molecule has 2 heterocycles. The molecule has 1 aromatic heterocycles. The number of aromatic amines is 1. The smallest absolute Gasteiger partial charge is 0.321 e. The zero-order chi connectivity index (χ0) is 16.9. The maximum Gasteiger partial charge on any atom is 0.416 e. The van der Waals surface area contributed by atoms with Crippen LogP contribution in [0.1, 0.15) is 16.7 Å². The summed E-state index contributed by atoms with van der Waals surface area (Å²) in [5.41, 5.74) is 1.53. The van der Waals surface area contributed by atoms with E-state index in [1.165, 1.54) is 6.07 Å². The Balaban J connectivity index is 1.83. The average Bonchev–Trinajstić information content (AvgIpc) is 3.10. The fraction of sp³-hybridized carbons (Fsp3) is 0.0588. The van der Waals surface area contributed by atoms with Crippen molar-refractivity contribution < 1.29 is 18.0 Å². The molecule has 1 aliphatic heterocycles. The number of carbonyl (C=O) groups is 1. The van der Waals surface area contributed by atoms with Gasteiger partial charge in [0.15, 0.2) is 0 Å². The first-order chi connectivity index (χ1) is 11.4. The van der Waals surface area contributed by atoms with E-state index in [9.17, 15) is 18.0 Å². The highest BCUT2D eigenvalue weighted by Gasteiger charge is 2.33. The summed E-state index contributed by atoms with van der Waals surface area (Å²) in [6.45, 7) is 0. The van der Waals surface area contributed by atoms with Gasteiger partial charge in [-0.25, -0.2) is 0 Å². The van der Waals surface area contributed by atoms with Crippen LogP contribution < -0.4 is 5.32 Å². The molecule has 7 heteroatoms. The summed E-state index contributed by atoms with van der Waals surface area (Å²) in [6, 6.07) is 8.62. The molecule has 24 heavy (non-hydrogen) atoms. The quantitative estimate of drug-likeness (QED) is 0.661. The van der Waals surface area contributed by atoms with E-state index in [1.807, 2.05) is 6.07 Å². The van der Waals surface area contributed by atoms with Crippen LogP contribution in [-0.2, 0) is 11.0 Å². The van der Waals surface area contributed by atoms with Gasteiger partial charge >= 0.3 is 6.18 Å². The largest absolute Gasteiger partial charge is 0.416 e. The standard InChI is InChI=1S/C17H10F3N3O/c18-17(19,20)11-3-4-14-12(7-11)13(16(24)22-14)5-9-1-2-10-8-21-23-15(10)6-9/h1-8H,(H,21,23)(H,22,24). The minimum atomic E-state index is -4.46. The number of amides is 1. The van der Waals surface area contributed by atoms with E-state index in [-0.39, 0.29) is 11.1 Å². The van der Waals surface area contributed by atoms with Crippen molar-refractivity contribution in [3.63, 3.8) is 0 Å². The molecule has 0 unspecified atom stereocenters. The van der Waals surface area contributed by atoms with Crippen LogP contribution in [-0.4, -0.2) is 16.1 Å². The fourth-order valence-corrected chi connectivity index (χ4v) is 2.72. The van der Waals surface area contributed by atoms with Gasteiger partial charge in [-0.05, 0) is 35.9 Å². The third-order valence-electron chi connectivity index (χ3n) is 3.91. The number of rotatable bonds is 1. The van der Waals surface area contributed by atoms with Gasteiger partial charge in [0.1, 0.15) is 0 Å². The molecular weight excluding hydrogens is 319 g/mol. The Labute approximate surface area is 134 Å². The van der Waals surface area contributed by atoms with Crippen molar-refractivity contribution in [2.75, 3.05) is 5.32 Å². The highest BCUT2D eigenvalue weighted by molar-refractivity contribution is 6.35. The fourth-order valence-electron chi connectivity index (χ4n) is 2.72. The summed E-state index contributed by atoms with van der Waals surface area (Å²) in [7, 11) is 0. The van der Waals surface area contributed by atoms with E-state index in [4.69, 9.17) is 0 Å². The van der Waals surface area contributed by atoms with E-state index < -0.39 is 17.6 Å². The SMILES string of the molecule is O=C1Nc2ccc(C(F)(F)F)cc2C1=Cc1ccc2cn[nH]c2c1. The van der Waals surface area contributed by atoms with Crippen LogP contribution in [0.3, 0.4) is 0 Å². The van der Waals surface area contributed by atoms with Gasteiger partial charge in [0.05, 0.1) is 17.3 Å². The summed E-state index contributed by atoms with van der Waals surface area (Å²) in [5, 5.41) is 10.2. The highest BCUT2D eigenvalue weighted by atomic mass is 19.4. The Kier molecular flexibility index (Phi) is 2.99. The Hall–Kier alpha value is -3.09. The predicted molar refractivity (Wildman–Crippen MR) is 84.0 cm³/mol. The maximum absolute atomic E-state index is 12.9. The lowest BCUT2D eigenvalue weighted by molar-refractivity contribution is -0.137. The molecule has 2 aromatic carbocycles. The molecule has 0 spiro atoms. The zero-order valence-electron chi connectivity index (χ0n) is 12.1. The third-order valence-corrected chi connectivity index (χ3v) is 3.91. The van der Waals surface area contributed by atoms with Crippen LogP contribution in [0.25, 0.3) is 22.6 Å². The van der Waals surface area contributed by atoms with Gasteiger partial charge in [-0.15, -0.1) is 0 Å². The Morgan fingerprint density at radius 3 is 2.71 bits per heavy atom. The van der Waals surface area contributed by atoms with E-state index in [1.54, 1.807) is 24.4 Å². The average molecular weight is 329 g/mol. The topological polar surface area (TPSA) is 57.8 Å². The molecule has 0 atom stereocenters. The van der Waals surface area contributed by atoms with E-state index in [0.717, 1.165) is 23.0 Å². The molecule has 3 aromatic rings. The molecule has 2 N–H and O–H groups in total. The number of carbonyl (C=O) groups excluding carboxylic acids is 1. The van der Waals surface area contributed by atoms with Gasteiger partial charge < -0.3 is 5.32 Å². The van der Waals surface area contributed by atoms with Crippen molar-refractivity contribution in [1.82, 2.24) is 10.2 Å². The third kappa shape index (κ3) is 2.34. The molecule has 1 aliphatic rings. The number of benzene rings is 2. The molecule has 0 saturated heterocycles. The van der Waals surface area contributed by atoms with Crippen molar-refractivity contribution in [3.8, 4) is 0 Å². The lowest BCUT2D eigenvalue weighted by atomic mass is 10.0. The highest BCUT2D eigenvalue weighted by Crippen LogP contribution is 2.38. The maximum atomic E-state index is 12.9. The second-order valence-electron chi connectivity index (χ2n) is 5.49. The molecule has 120 valence electrons. The summed E-state index contributed by atoms with van der Waals surface area (Å²) in [5.74, 6) is -0.422. The van der Waals surface area contributed by atoms with Crippen LogP contribution in [0.15, 0.2) is 42.6 Å². The molecular formula is C17H10F3N3O. The van der Waals surface area contributed by atoms with Gasteiger partial charge in [0, 0.05) is 22.2 Å². The number of hydrogen-bond donors (Lipinski definition) is 2. The molecule has 0 radical (unpaired) electrons. The van der Waals surface area contributed by atoms with Gasteiger partial charge in [0.25, 0.3) is 5.91 Å². The van der Waals surface area contributed by atoms with E-state index in [0.29, 0.717) is 11.3 Å². The number of nitrogens with one attached hydrogen (secondary N) is 2. The molecule has 0 fully saturated rings. The van der Waals surface area contributed by atoms with E-state index in [2.05, 4.69) is 15.5 Å². The van der Waals surface area contributed by atoms with Crippen LogP contribution in [0.2, 0.25) is 0 Å². The predicted octanol–water partition coefficient (Wildman–Crippen LogP) is 4.07. The summed E-state index contributed by atoms with van der Waals surface area (Å²) >= 11 is 0. The van der Waals surface area contributed by atoms with Crippen LogP contribution in [0.5, 0.6) is 0 Å². The monoisotopic (exact) mass is 329 g/mol. The first kappa shape index (κ1) is 14.5. The number of anilines is 1. The molecule has 4 nitrogen and oxygen atoms in total. The number of H-pyrrole nitrogens is 1. The summed E-state index contributed by atoms with van der Waals surface area (Å²) in [6.07, 6.45) is -1.22. The van der Waals surface area contributed by atoms with E-state index >= 15 is 0 Å². The number of fused-ring (bicyclic) bond motifs is 2. The second kappa shape index (κ2) is 4.95. The van der Waals surface area contributed by atoms with Gasteiger partial charge in [-0.3, -0.25) is 9.89 Å². The summed E-state index contributed by atoms with van der Waals surface area (Å²) < 4.78 is 38.7. The Bertz CT molecular complexity index is 1000. The lowest BCUT2D eigenvalue weighted by Gasteiger charge is -2.08. The van der Waals surface area contributed by atoms with Crippen molar-refractivity contribution in [2.24, 2.45) is 0 Å². The molecule has 4 rings (SSSR count). The number of nitrogens with zero attached hydrogens (tertiary/aromatic N) is 1. The van der Waals surface area contributed by atoms with Crippen molar-refractivity contribution in [3.05, 3.63) is 59.3 Å².